The molecule has 0 atom stereocenters. The van der Waals surface area contributed by atoms with Crippen LogP contribution in [-0.4, -0.2) is 29.3 Å². The molecule has 1 N–H and O–H groups in total. The maximum absolute atomic E-state index is 10.9. The van der Waals surface area contributed by atoms with E-state index >= 15 is 0 Å². The second-order valence-corrected chi connectivity index (χ2v) is 4.83. The molecular weight excluding hydrogens is 282 g/mol. The van der Waals surface area contributed by atoms with Crippen molar-refractivity contribution in [2.24, 2.45) is 0 Å². The summed E-state index contributed by atoms with van der Waals surface area (Å²) in [4.78, 5) is 15.0. The number of hydrogen-bond acceptors (Lipinski definition) is 4. The van der Waals surface area contributed by atoms with Crippen LogP contribution >= 0.6 is 0 Å². The standard InChI is InChI=1S/C17H19NO4/c1-13-15(17(19)20)8-9-16(18-13)22-11-5-10-21-12-14-6-3-2-4-7-14/h2-4,6-9H,5,10-12H2,1H3,(H,19,20). The molecule has 1 aromatic heterocycles. The van der Waals surface area contributed by atoms with Crippen LogP contribution in [-0.2, 0) is 11.3 Å². The van der Waals surface area contributed by atoms with E-state index in [-0.39, 0.29) is 5.56 Å². The van der Waals surface area contributed by atoms with Gasteiger partial charge in [0, 0.05) is 12.5 Å². The summed E-state index contributed by atoms with van der Waals surface area (Å²) in [5.41, 5.74) is 1.79. The minimum absolute atomic E-state index is 0.193. The number of benzene rings is 1. The molecule has 2 rings (SSSR count). The molecule has 0 aliphatic heterocycles. The lowest BCUT2D eigenvalue weighted by molar-refractivity contribution is 0.0695. The molecule has 2 aromatic rings. The van der Waals surface area contributed by atoms with Gasteiger partial charge in [-0.05, 0) is 18.6 Å². The first-order chi connectivity index (χ1) is 10.7. The molecule has 0 amide bonds. The van der Waals surface area contributed by atoms with Crippen molar-refractivity contribution in [3.63, 3.8) is 0 Å². The van der Waals surface area contributed by atoms with Crippen LogP contribution in [0.3, 0.4) is 0 Å². The van der Waals surface area contributed by atoms with Crippen LogP contribution in [0.1, 0.15) is 28.0 Å². The predicted octanol–water partition coefficient (Wildman–Crippen LogP) is 3.07. The molecule has 0 fully saturated rings. The number of carboxylic acid groups (broad SMARTS) is 1. The fraction of sp³-hybridized carbons (Fsp3) is 0.294. The Balaban J connectivity index is 1.66. The van der Waals surface area contributed by atoms with Gasteiger partial charge in [0.1, 0.15) is 0 Å². The molecule has 0 unspecified atom stereocenters. The van der Waals surface area contributed by atoms with Crippen molar-refractivity contribution in [3.05, 3.63) is 59.3 Å². The van der Waals surface area contributed by atoms with Crippen LogP contribution in [0.2, 0.25) is 0 Å². The SMILES string of the molecule is Cc1nc(OCCCOCc2ccccc2)ccc1C(=O)O. The Hall–Kier alpha value is -2.40. The van der Waals surface area contributed by atoms with E-state index in [4.69, 9.17) is 14.6 Å². The van der Waals surface area contributed by atoms with E-state index in [1.807, 2.05) is 30.3 Å². The van der Waals surface area contributed by atoms with Gasteiger partial charge in [0.05, 0.1) is 31.1 Å². The zero-order valence-corrected chi connectivity index (χ0v) is 12.5. The molecule has 0 aliphatic carbocycles. The number of hydrogen-bond donors (Lipinski definition) is 1. The van der Waals surface area contributed by atoms with Gasteiger partial charge in [0.2, 0.25) is 5.88 Å². The normalized spacial score (nSPS) is 10.4. The quantitative estimate of drug-likeness (QED) is 0.759. The number of carboxylic acids is 1. The maximum Gasteiger partial charge on any atom is 0.337 e. The van der Waals surface area contributed by atoms with Crippen LogP contribution in [0, 0.1) is 6.92 Å². The zero-order valence-electron chi connectivity index (χ0n) is 12.5. The van der Waals surface area contributed by atoms with Crippen molar-refractivity contribution in [2.75, 3.05) is 13.2 Å². The third-order valence-electron chi connectivity index (χ3n) is 3.09. The second-order valence-electron chi connectivity index (χ2n) is 4.83. The number of aryl methyl sites for hydroxylation is 1. The van der Waals surface area contributed by atoms with E-state index in [9.17, 15) is 4.79 Å². The van der Waals surface area contributed by atoms with Crippen molar-refractivity contribution in [2.45, 2.75) is 20.0 Å². The highest BCUT2D eigenvalue weighted by Crippen LogP contribution is 2.12. The first-order valence-electron chi connectivity index (χ1n) is 7.12. The van der Waals surface area contributed by atoms with Gasteiger partial charge in [-0.2, -0.15) is 0 Å². The Bertz CT molecular complexity index is 613. The Labute approximate surface area is 129 Å². The molecule has 5 heteroatoms. The lowest BCUT2D eigenvalue weighted by Gasteiger charge is -2.08. The molecule has 1 heterocycles. The van der Waals surface area contributed by atoms with E-state index in [0.29, 0.717) is 31.4 Å². The first-order valence-corrected chi connectivity index (χ1v) is 7.12. The molecule has 0 saturated carbocycles. The molecule has 116 valence electrons. The Morgan fingerprint density at radius 2 is 1.91 bits per heavy atom. The highest BCUT2D eigenvalue weighted by atomic mass is 16.5. The summed E-state index contributed by atoms with van der Waals surface area (Å²) in [6.45, 7) is 3.32. The van der Waals surface area contributed by atoms with Crippen molar-refractivity contribution < 1.29 is 19.4 Å². The van der Waals surface area contributed by atoms with E-state index in [1.54, 1.807) is 13.0 Å². The minimum Gasteiger partial charge on any atom is -0.478 e. The van der Waals surface area contributed by atoms with E-state index < -0.39 is 5.97 Å². The van der Waals surface area contributed by atoms with Gasteiger partial charge in [-0.15, -0.1) is 0 Å². The molecule has 0 bridgehead atoms. The van der Waals surface area contributed by atoms with Gasteiger partial charge in [-0.25, -0.2) is 9.78 Å². The summed E-state index contributed by atoms with van der Waals surface area (Å²) in [5.74, 6) is -0.545. The van der Waals surface area contributed by atoms with Crippen LogP contribution in [0.15, 0.2) is 42.5 Å². The Morgan fingerprint density at radius 1 is 1.14 bits per heavy atom. The predicted molar refractivity (Wildman–Crippen MR) is 82.1 cm³/mol. The molecule has 22 heavy (non-hydrogen) atoms. The number of ether oxygens (including phenoxy) is 2. The molecule has 0 saturated heterocycles. The van der Waals surface area contributed by atoms with Crippen molar-refractivity contribution in [3.8, 4) is 5.88 Å². The smallest absolute Gasteiger partial charge is 0.337 e. The number of carbonyl (C=O) groups is 1. The number of rotatable bonds is 8. The largest absolute Gasteiger partial charge is 0.478 e. The second kappa shape index (κ2) is 8.14. The van der Waals surface area contributed by atoms with Gasteiger partial charge in [-0.3, -0.25) is 0 Å². The highest BCUT2D eigenvalue weighted by Gasteiger charge is 2.08. The topological polar surface area (TPSA) is 68.7 Å². The third kappa shape index (κ3) is 4.86. The average molecular weight is 301 g/mol. The van der Waals surface area contributed by atoms with Crippen LogP contribution in [0.5, 0.6) is 5.88 Å². The fourth-order valence-electron chi connectivity index (χ4n) is 1.95. The lowest BCUT2D eigenvalue weighted by atomic mass is 10.2. The lowest BCUT2D eigenvalue weighted by Crippen LogP contribution is -2.06. The van der Waals surface area contributed by atoms with Crippen LogP contribution in [0.25, 0.3) is 0 Å². The molecule has 5 nitrogen and oxygen atoms in total. The summed E-state index contributed by atoms with van der Waals surface area (Å²) < 4.78 is 11.0. The third-order valence-corrected chi connectivity index (χ3v) is 3.09. The highest BCUT2D eigenvalue weighted by molar-refractivity contribution is 5.88. The van der Waals surface area contributed by atoms with Crippen molar-refractivity contribution >= 4 is 5.97 Å². The molecule has 0 radical (unpaired) electrons. The molecule has 1 aromatic carbocycles. The van der Waals surface area contributed by atoms with Gasteiger partial charge in [-0.1, -0.05) is 30.3 Å². The van der Waals surface area contributed by atoms with E-state index in [0.717, 1.165) is 12.0 Å². The van der Waals surface area contributed by atoms with Gasteiger partial charge in [0.15, 0.2) is 0 Å². The van der Waals surface area contributed by atoms with E-state index in [2.05, 4.69) is 4.98 Å². The summed E-state index contributed by atoms with van der Waals surface area (Å²) in [6, 6.07) is 13.1. The van der Waals surface area contributed by atoms with Crippen LogP contribution in [0.4, 0.5) is 0 Å². The van der Waals surface area contributed by atoms with Crippen LogP contribution < -0.4 is 4.74 Å². The number of aromatic carboxylic acids is 1. The summed E-state index contributed by atoms with van der Waals surface area (Å²) >= 11 is 0. The first kappa shape index (κ1) is 16.0. The zero-order chi connectivity index (χ0) is 15.8. The van der Waals surface area contributed by atoms with Gasteiger partial charge < -0.3 is 14.6 Å². The summed E-state index contributed by atoms with van der Waals surface area (Å²) in [7, 11) is 0. The van der Waals surface area contributed by atoms with Gasteiger partial charge in [0.25, 0.3) is 0 Å². The summed E-state index contributed by atoms with van der Waals surface area (Å²) in [6.07, 6.45) is 0.744. The summed E-state index contributed by atoms with van der Waals surface area (Å²) in [5, 5.41) is 8.93. The van der Waals surface area contributed by atoms with E-state index in [1.165, 1.54) is 6.07 Å². The fourth-order valence-corrected chi connectivity index (χ4v) is 1.95. The van der Waals surface area contributed by atoms with Gasteiger partial charge >= 0.3 is 5.97 Å². The van der Waals surface area contributed by atoms with Crippen molar-refractivity contribution in [1.29, 1.82) is 0 Å². The Morgan fingerprint density at radius 3 is 2.59 bits per heavy atom. The minimum atomic E-state index is -0.981. The average Bonchev–Trinajstić information content (AvgIpc) is 2.51. The molecule has 0 aliphatic rings. The monoisotopic (exact) mass is 301 g/mol. The number of nitrogens with zero attached hydrogens (tertiary/aromatic N) is 1. The molecule has 0 spiro atoms. The number of aromatic nitrogens is 1. The maximum atomic E-state index is 10.9. The van der Waals surface area contributed by atoms with Crippen molar-refractivity contribution in [1.82, 2.24) is 4.98 Å². The molecular formula is C17H19NO4. The Kier molecular flexibility index (Phi) is 5.91. The number of pyridine rings is 1.